The highest BCUT2D eigenvalue weighted by molar-refractivity contribution is 6.33. The number of nitrogens with two attached hydrogens (primary N) is 1. The zero-order valence-electron chi connectivity index (χ0n) is 12.6. The van der Waals surface area contributed by atoms with E-state index in [1.54, 1.807) is 0 Å². The average molecular weight is 314 g/mol. The van der Waals surface area contributed by atoms with Crippen LogP contribution in [-0.2, 0) is 0 Å². The van der Waals surface area contributed by atoms with Crippen molar-refractivity contribution in [2.75, 3.05) is 6.54 Å². The molecule has 0 aliphatic heterocycles. The van der Waals surface area contributed by atoms with E-state index >= 15 is 0 Å². The highest BCUT2D eigenvalue weighted by Gasteiger charge is 2.36. The summed E-state index contributed by atoms with van der Waals surface area (Å²) in [6.45, 7) is 7.72. The molecule has 2 rings (SSSR count). The van der Waals surface area contributed by atoms with E-state index in [0.717, 1.165) is 23.0 Å². The highest BCUT2D eigenvalue weighted by Crippen LogP contribution is 2.48. The van der Waals surface area contributed by atoms with Crippen molar-refractivity contribution in [2.45, 2.75) is 46.0 Å². The lowest BCUT2D eigenvalue weighted by molar-refractivity contribution is 0.133. The topological polar surface area (TPSA) is 26.0 Å². The molecular weight excluding hydrogens is 289 g/mol. The molecule has 1 fully saturated rings. The Morgan fingerprint density at radius 1 is 1.20 bits per heavy atom. The van der Waals surface area contributed by atoms with E-state index in [4.69, 9.17) is 28.9 Å². The summed E-state index contributed by atoms with van der Waals surface area (Å²) in [5.74, 6) is 1.67. The van der Waals surface area contributed by atoms with Gasteiger partial charge in [-0.1, -0.05) is 44.0 Å². The van der Waals surface area contributed by atoms with Crippen molar-refractivity contribution < 1.29 is 0 Å². The maximum atomic E-state index is 6.41. The molecule has 2 N–H and O–H groups in total. The summed E-state index contributed by atoms with van der Waals surface area (Å²) in [6.07, 6.45) is 3.61. The Morgan fingerprint density at radius 2 is 1.90 bits per heavy atom. The van der Waals surface area contributed by atoms with Gasteiger partial charge in [0.1, 0.15) is 0 Å². The van der Waals surface area contributed by atoms with Crippen molar-refractivity contribution >= 4 is 23.2 Å². The summed E-state index contributed by atoms with van der Waals surface area (Å²) >= 11 is 12.6. The standard InChI is InChI=1S/C17H25Cl2N/c1-17(2,3)12-5-4-11(10-20)14(8-12)15-9-13(18)6-7-16(15)19/h6-7,9,11-12,14H,4-5,8,10,20H2,1-3H3. The van der Waals surface area contributed by atoms with Crippen molar-refractivity contribution in [2.24, 2.45) is 23.0 Å². The van der Waals surface area contributed by atoms with E-state index in [-0.39, 0.29) is 0 Å². The largest absolute Gasteiger partial charge is 0.330 e. The lowest BCUT2D eigenvalue weighted by atomic mass is 9.64. The number of halogens is 2. The normalized spacial score (nSPS) is 27.6. The van der Waals surface area contributed by atoms with Crippen molar-refractivity contribution in [3.63, 3.8) is 0 Å². The van der Waals surface area contributed by atoms with Gasteiger partial charge in [-0.3, -0.25) is 0 Å². The molecule has 1 aromatic rings. The minimum atomic E-state index is 0.336. The lowest BCUT2D eigenvalue weighted by Crippen LogP contribution is -2.34. The first kappa shape index (κ1) is 16.1. The predicted octanol–water partition coefficient (Wildman–Crippen LogP) is 5.50. The molecule has 0 spiro atoms. The first-order valence-corrected chi connectivity index (χ1v) is 8.23. The average Bonchev–Trinajstić information content (AvgIpc) is 2.40. The first-order valence-electron chi connectivity index (χ1n) is 7.48. The van der Waals surface area contributed by atoms with Gasteiger partial charge in [-0.05, 0) is 72.7 Å². The van der Waals surface area contributed by atoms with Crippen LogP contribution in [0.15, 0.2) is 18.2 Å². The molecule has 3 atom stereocenters. The molecule has 1 saturated carbocycles. The third-order valence-electron chi connectivity index (χ3n) is 4.88. The molecular formula is C17H25Cl2N. The molecule has 1 aliphatic carbocycles. The fourth-order valence-electron chi connectivity index (χ4n) is 3.48. The second kappa shape index (κ2) is 6.25. The van der Waals surface area contributed by atoms with E-state index in [9.17, 15) is 0 Å². The van der Waals surface area contributed by atoms with Crippen molar-refractivity contribution in [3.8, 4) is 0 Å². The number of rotatable bonds is 2. The van der Waals surface area contributed by atoms with E-state index in [2.05, 4.69) is 20.8 Å². The van der Waals surface area contributed by atoms with Crippen LogP contribution in [0.5, 0.6) is 0 Å². The number of hydrogen-bond acceptors (Lipinski definition) is 1. The third kappa shape index (κ3) is 3.50. The Bertz CT molecular complexity index is 465. The molecule has 0 bridgehead atoms. The molecule has 1 aromatic carbocycles. The minimum Gasteiger partial charge on any atom is -0.330 e. The monoisotopic (exact) mass is 313 g/mol. The van der Waals surface area contributed by atoms with Crippen LogP contribution in [0.25, 0.3) is 0 Å². The van der Waals surface area contributed by atoms with Gasteiger partial charge in [-0.15, -0.1) is 0 Å². The Balaban J connectivity index is 2.32. The molecule has 1 nitrogen and oxygen atoms in total. The molecule has 0 amide bonds. The third-order valence-corrected chi connectivity index (χ3v) is 5.46. The second-order valence-corrected chi connectivity index (χ2v) is 7.99. The first-order chi connectivity index (χ1) is 9.32. The van der Waals surface area contributed by atoms with Crippen LogP contribution in [0, 0.1) is 17.3 Å². The van der Waals surface area contributed by atoms with Gasteiger partial charge < -0.3 is 5.73 Å². The van der Waals surface area contributed by atoms with Crippen molar-refractivity contribution in [1.82, 2.24) is 0 Å². The summed E-state index contributed by atoms with van der Waals surface area (Å²) in [5, 5.41) is 1.59. The summed E-state index contributed by atoms with van der Waals surface area (Å²) in [4.78, 5) is 0. The Kier molecular flexibility index (Phi) is 5.05. The van der Waals surface area contributed by atoms with Crippen molar-refractivity contribution in [1.29, 1.82) is 0 Å². The lowest BCUT2D eigenvalue weighted by Gasteiger charge is -2.42. The summed E-state index contributed by atoms with van der Waals surface area (Å²) in [6, 6.07) is 5.80. The fourth-order valence-corrected chi connectivity index (χ4v) is 3.92. The molecule has 1 aliphatic rings. The van der Waals surface area contributed by atoms with Crippen LogP contribution in [0.1, 0.15) is 51.5 Å². The SMILES string of the molecule is CC(C)(C)C1CCC(CN)C(c2cc(Cl)ccc2Cl)C1. The number of benzene rings is 1. The van der Waals surface area contributed by atoms with Crippen molar-refractivity contribution in [3.05, 3.63) is 33.8 Å². The molecule has 20 heavy (non-hydrogen) atoms. The second-order valence-electron chi connectivity index (χ2n) is 7.14. The van der Waals surface area contributed by atoms with Gasteiger partial charge in [0.05, 0.1) is 0 Å². The zero-order chi connectivity index (χ0) is 14.9. The maximum absolute atomic E-state index is 6.41. The highest BCUT2D eigenvalue weighted by atomic mass is 35.5. The van der Waals surface area contributed by atoms with Gasteiger partial charge in [0.25, 0.3) is 0 Å². The van der Waals surface area contributed by atoms with Crippen LogP contribution in [0.2, 0.25) is 10.0 Å². The van der Waals surface area contributed by atoms with Crippen LogP contribution >= 0.6 is 23.2 Å². The molecule has 3 unspecified atom stereocenters. The van der Waals surface area contributed by atoms with Gasteiger partial charge >= 0.3 is 0 Å². The van der Waals surface area contributed by atoms with E-state index < -0.39 is 0 Å². The Hall–Kier alpha value is -0.240. The zero-order valence-corrected chi connectivity index (χ0v) is 14.1. The molecule has 0 aromatic heterocycles. The molecule has 0 heterocycles. The number of hydrogen-bond donors (Lipinski definition) is 1. The van der Waals surface area contributed by atoms with Gasteiger partial charge in [0.15, 0.2) is 0 Å². The van der Waals surface area contributed by atoms with Gasteiger partial charge in [-0.2, -0.15) is 0 Å². The van der Waals surface area contributed by atoms with E-state index in [1.807, 2.05) is 18.2 Å². The van der Waals surface area contributed by atoms with Gasteiger partial charge in [-0.25, -0.2) is 0 Å². The summed E-state index contributed by atoms with van der Waals surface area (Å²) in [5.41, 5.74) is 7.52. The van der Waals surface area contributed by atoms with Gasteiger partial charge in [0, 0.05) is 10.0 Å². The smallest absolute Gasteiger partial charge is 0.0441 e. The van der Waals surface area contributed by atoms with Crippen LogP contribution in [-0.4, -0.2) is 6.54 Å². The quantitative estimate of drug-likeness (QED) is 0.766. The summed E-state index contributed by atoms with van der Waals surface area (Å²) in [7, 11) is 0. The molecule has 0 saturated heterocycles. The maximum Gasteiger partial charge on any atom is 0.0441 e. The van der Waals surface area contributed by atoms with E-state index in [0.29, 0.717) is 23.2 Å². The van der Waals surface area contributed by atoms with Crippen LogP contribution in [0.4, 0.5) is 0 Å². The van der Waals surface area contributed by atoms with Crippen LogP contribution in [0.3, 0.4) is 0 Å². The van der Waals surface area contributed by atoms with E-state index in [1.165, 1.54) is 18.4 Å². The van der Waals surface area contributed by atoms with Gasteiger partial charge in [0.2, 0.25) is 0 Å². The molecule has 3 heteroatoms. The minimum absolute atomic E-state index is 0.336. The Morgan fingerprint density at radius 3 is 2.50 bits per heavy atom. The molecule has 0 radical (unpaired) electrons. The predicted molar refractivity (Wildman–Crippen MR) is 88.5 cm³/mol. The fraction of sp³-hybridized carbons (Fsp3) is 0.647. The Labute approximate surface area is 132 Å². The molecule has 112 valence electrons. The summed E-state index contributed by atoms with van der Waals surface area (Å²) < 4.78 is 0. The van der Waals surface area contributed by atoms with Crippen LogP contribution < -0.4 is 5.73 Å².